The van der Waals surface area contributed by atoms with E-state index in [1.165, 1.54) is 22.5 Å². The van der Waals surface area contributed by atoms with Gasteiger partial charge in [0.2, 0.25) is 0 Å². The SMILES string of the molecule is CCN(c1ccc(C)cc1)c1ccc(CBr)cc1. The number of aryl methyl sites for hydroxylation is 1. The van der Waals surface area contributed by atoms with Crippen LogP contribution in [0.1, 0.15) is 18.1 Å². The maximum absolute atomic E-state index is 3.48. The number of anilines is 2. The van der Waals surface area contributed by atoms with Crippen molar-refractivity contribution < 1.29 is 0 Å². The summed E-state index contributed by atoms with van der Waals surface area (Å²) in [7, 11) is 0. The van der Waals surface area contributed by atoms with Crippen LogP contribution >= 0.6 is 15.9 Å². The van der Waals surface area contributed by atoms with Crippen molar-refractivity contribution in [2.45, 2.75) is 19.2 Å². The Morgan fingerprint density at radius 2 is 1.39 bits per heavy atom. The molecule has 0 saturated carbocycles. The molecule has 0 fully saturated rings. The summed E-state index contributed by atoms with van der Waals surface area (Å²) >= 11 is 3.48. The highest BCUT2D eigenvalue weighted by molar-refractivity contribution is 9.08. The van der Waals surface area contributed by atoms with Crippen molar-refractivity contribution in [3.8, 4) is 0 Å². The summed E-state index contributed by atoms with van der Waals surface area (Å²) in [5.74, 6) is 0. The van der Waals surface area contributed by atoms with Gasteiger partial charge >= 0.3 is 0 Å². The number of alkyl halides is 1. The second-order valence-corrected chi connectivity index (χ2v) is 4.94. The Hall–Kier alpha value is -1.28. The van der Waals surface area contributed by atoms with Gasteiger partial charge in [-0.2, -0.15) is 0 Å². The van der Waals surface area contributed by atoms with Gasteiger partial charge in [0.1, 0.15) is 0 Å². The minimum absolute atomic E-state index is 0.907. The van der Waals surface area contributed by atoms with Crippen molar-refractivity contribution >= 4 is 27.3 Å². The quantitative estimate of drug-likeness (QED) is 0.715. The third-order valence-electron chi connectivity index (χ3n) is 3.06. The molecule has 18 heavy (non-hydrogen) atoms. The monoisotopic (exact) mass is 303 g/mol. The van der Waals surface area contributed by atoms with Gasteiger partial charge < -0.3 is 4.90 Å². The van der Waals surface area contributed by atoms with Gasteiger partial charge in [-0.05, 0) is 43.7 Å². The topological polar surface area (TPSA) is 3.24 Å². The van der Waals surface area contributed by atoms with Crippen molar-refractivity contribution in [3.05, 3.63) is 59.7 Å². The van der Waals surface area contributed by atoms with Gasteiger partial charge in [0, 0.05) is 23.2 Å². The maximum Gasteiger partial charge on any atom is 0.0410 e. The van der Waals surface area contributed by atoms with Crippen molar-refractivity contribution in [1.82, 2.24) is 0 Å². The molecule has 2 aromatic carbocycles. The summed E-state index contributed by atoms with van der Waals surface area (Å²) in [4.78, 5) is 2.32. The molecule has 0 aromatic heterocycles. The van der Waals surface area contributed by atoms with E-state index in [4.69, 9.17) is 0 Å². The second-order valence-electron chi connectivity index (χ2n) is 4.38. The van der Waals surface area contributed by atoms with Gasteiger partial charge in [-0.1, -0.05) is 45.8 Å². The van der Waals surface area contributed by atoms with Crippen LogP contribution in [0.15, 0.2) is 48.5 Å². The van der Waals surface area contributed by atoms with Crippen LogP contribution in [-0.4, -0.2) is 6.54 Å². The van der Waals surface area contributed by atoms with Crippen LogP contribution in [-0.2, 0) is 5.33 Å². The molecule has 0 heterocycles. The van der Waals surface area contributed by atoms with E-state index in [1.807, 2.05) is 0 Å². The third-order valence-corrected chi connectivity index (χ3v) is 3.71. The van der Waals surface area contributed by atoms with E-state index in [0.717, 1.165) is 11.9 Å². The van der Waals surface area contributed by atoms with E-state index in [2.05, 4.69) is 83.2 Å². The molecule has 0 spiro atoms. The van der Waals surface area contributed by atoms with Crippen LogP contribution in [0.3, 0.4) is 0 Å². The van der Waals surface area contributed by atoms with Crippen LogP contribution in [0, 0.1) is 6.92 Å². The molecular weight excluding hydrogens is 286 g/mol. The van der Waals surface area contributed by atoms with E-state index in [9.17, 15) is 0 Å². The fourth-order valence-corrected chi connectivity index (χ4v) is 2.38. The minimum Gasteiger partial charge on any atom is -0.342 e. The van der Waals surface area contributed by atoms with Crippen LogP contribution in [0.4, 0.5) is 11.4 Å². The smallest absolute Gasteiger partial charge is 0.0410 e. The van der Waals surface area contributed by atoms with Gasteiger partial charge in [-0.3, -0.25) is 0 Å². The molecule has 94 valence electrons. The molecule has 0 saturated heterocycles. The number of hydrogen-bond donors (Lipinski definition) is 0. The zero-order valence-corrected chi connectivity index (χ0v) is 12.4. The Labute approximate surface area is 118 Å². The predicted molar refractivity (Wildman–Crippen MR) is 82.9 cm³/mol. The molecule has 0 amide bonds. The predicted octanol–water partition coefficient (Wildman–Crippen LogP) is 5.05. The molecule has 0 bridgehead atoms. The summed E-state index contributed by atoms with van der Waals surface area (Å²) < 4.78 is 0. The van der Waals surface area contributed by atoms with Crippen molar-refractivity contribution in [2.75, 3.05) is 11.4 Å². The molecule has 2 rings (SSSR count). The Balaban J connectivity index is 2.29. The minimum atomic E-state index is 0.907. The molecule has 0 aliphatic carbocycles. The van der Waals surface area contributed by atoms with Gasteiger partial charge in [-0.15, -0.1) is 0 Å². The highest BCUT2D eigenvalue weighted by Crippen LogP contribution is 2.25. The molecule has 2 heteroatoms. The lowest BCUT2D eigenvalue weighted by Crippen LogP contribution is -2.15. The van der Waals surface area contributed by atoms with Crippen molar-refractivity contribution in [3.63, 3.8) is 0 Å². The first-order chi connectivity index (χ1) is 8.74. The van der Waals surface area contributed by atoms with Crippen molar-refractivity contribution in [2.24, 2.45) is 0 Å². The van der Waals surface area contributed by atoms with Gasteiger partial charge in [-0.25, -0.2) is 0 Å². The summed E-state index contributed by atoms with van der Waals surface area (Å²) in [6.45, 7) is 5.26. The van der Waals surface area contributed by atoms with Crippen LogP contribution in [0.2, 0.25) is 0 Å². The molecule has 1 nitrogen and oxygen atoms in total. The van der Waals surface area contributed by atoms with E-state index in [0.29, 0.717) is 0 Å². The molecule has 2 aromatic rings. The number of benzene rings is 2. The first-order valence-corrected chi connectivity index (χ1v) is 7.36. The average molecular weight is 304 g/mol. The maximum atomic E-state index is 3.48. The summed E-state index contributed by atoms with van der Waals surface area (Å²) in [5, 5.41) is 0.907. The van der Waals surface area contributed by atoms with E-state index in [-0.39, 0.29) is 0 Å². The highest BCUT2D eigenvalue weighted by Gasteiger charge is 2.06. The molecular formula is C16H18BrN. The third kappa shape index (κ3) is 2.94. The second kappa shape index (κ2) is 6.05. The largest absolute Gasteiger partial charge is 0.342 e. The Bertz CT molecular complexity index is 488. The lowest BCUT2D eigenvalue weighted by Gasteiger charge is -2.23. The number of hydrogen-bond acceptors (Lipinski definition) is 1. The summed E-state index contributed by atoms with van der Waals surface area (Å²) in [5.41, 5.74) is 5.09. The number of rotatable bonds is 4. The standard InChI is InChI=1S/C16H18BrN/c1-3-18(15-8-4-13(2)5-9-15)16-10-6-14(12-17)7-11-16/h4-11H,3,12H2,1-2H3. The zero-order chi connectivity index (χ0) is 13.0. The Kier molecular flexibility index (Phi) is 4.43. The van der Waals surface area contributed by atoms with E-state index in [1.54, 1.807) is 0 Å². The normalized spacial score (nSPS) is 10.4. The lowest BCUT2D eigenvalue weighted by atomic mass is 10.1. The number of nitrogens with zero attached hydrogens (tertiary/aromatic N) is 1. The van der Waals surface area contributed by atoms with E-state index >= 15 is 0 Å². The van der Waals surface area contributed by atoms with Gasteiger partial charge in [0.05, 0.1) is 0 Å². The lowest BCUT2D eigenvalue weighted by molar-refractivity contribution is 1.02. The molecule has 0 atom stereocenters. The summed E-state index contributed by atoms with van der Waals surface area (Å²) in [6, 6.07) is 17.4. The fraction of sp³-hybridized carbons (Fsp3) is 0.250. The first kappa shape index (κ1) is 13.2. The zero-order valence-electron chi connectivity index (χ0n) is 10.9. The molecule has 0 N–H and O–H groups in total. The highest BCUT2D eigenvalue weighted by atomic mass is 79.9. The van der Waals surface area contributed by atoms with Gasteiger partial charge in [0.25, 0.3) is 0 Å². The van der Waals surface area contributed by atoms with Crippen LogP contribution in [0.5, 0.6) is 0 Å². The first-order valence-electron chi connectivity index (χ1n) is 6.23. The molecule has 0 aliphatic heterocycles. The van der Waals surface area contributed by atoms with Crippen molar-refractivity contribution in [1.29, 1.82) is 0 Å². The Morgan fingerprint density at radius 3 is 1.83 bits per heavy atom. The molecule has 0 aliphatic rings. The van der Waals surface area contributed by atoms with E-state index < -0.39 is 0 Å². The Morgan fingerprint density at radius 1 is 0.889 bits per heavy atom. The summed E-state index contributed by atoms with van der Waals surface area (Å²) in [6.07, 6.45) is 0. The van der Waals surface area contributed by atoms with Crippen LogP contribution in [0.25, 0.3) is 0 Å². The average Bonchev–Trinajstić information content (AvgIpc) is 2.42. The number of halogens is 1. The molecule has 0 radical (unpaired) electrons. The molecule has 0 unspecified atom stereocenters. The van der Waals surface area contributed by atoms with Gasteiger partial charge in [0.15, 0.2) is 0 Å². The van der Waals surface area contributed by atoms with Crippen LogP contribution < -0.4 is 4.90 Å². The fourth-order valence-electron chi connectivity index (χ4n) is 2.00.